The van der Waals surface area contributed by atoms with Crippen LogP contribution in [-0.2, 0) is 0 Å². The minimum atomic E-state index is 0.164. The SMILES string of the molecule is COc1ccc(C(c2ccc(Cl)cc2)N2CCCNCC2)cc1OC. The summed E-state index contributed by atoms with van der Waals surface area (Å²) in [4.78, 5) is 2.52. The van der Waals surface area contributed by atoms with E-state index < -0.39 is 0 Å². The summed E-state index contributed by atoms with van der Waals surface area (Å²) in [5.74, 6) is 1.51. The minimum absolute atomic E-state index is 0.164. The first-order valence-corrected chi connectivity index (χ1v) is 9.03. The highest BCUT2D eigenvalue weighted by molar-refractivity contribution is 6.30. The molecule has 1 aliphatic rings. The molecule has 1 atom stereocenters. The monoisotopic (exact) mass is 360 g/mol. The summed E-state index contributed by atoms with van der Waals surface area (Å²) in [6, 6.07) is 14.5. The third kappa shape index (κ3) is 4.27. The number of nitrogens with zero attached hydrogens (tertiary/aromatic N) is 1. The fraction of sp³-hybridized carbons (Fsp3) is 0.400. The number of nitrogens with one attached hydrogen (secondary N) is 1. The topological polar surface area (TPSA) is 33.7 Å². The average Bonchev–Trinajstić information content (AvgIpc) is 2.92. The highest BCUT2D eigenvalue weighted by atomic mass is 35.5. The van der Waals surface area contributed by atoms with Crippen LogP contribution in [0.2, 0.25) is 5.02 Å². The molecule has 1 saturated heterocycles. The predicted molar refractivity (Wildman–Crippen MR) is 102 cm³/mol. The van der Waals surface area contributed by atoms with E-state index in [9.17, 15) is 0 Å². The van der Waals surface area contributed by atoms with E-state index >= 15 is 0 Å². The second kappa shape index (κ2) is 8.56. The standard InChI is InChI=1S/C20H25ClN2O2/c1-24-18-9-6-16(14-19(18)25-2)20(15-4-7-17(21)8-5-15)23-12-3-10-22-11-13-23/h4-9,14,20,22H,3,10-13H2,1-2H3. The molecule has 0 spiro atoms. The van der Waals surface area contributed by atoms with Gasteiger partial charge in [-0.15, -0.1) is 0 Å². The Bertz CT molecular complexity index is 683. The first kappa shape index (κ1) is 18.1. The zero-order valence-corrected chi connectivity index (χ0v) is 15.6. The van der Waals surface area contributed by atoms with Crippen LogP contribution >= 0.6 is 11.6 Å². The molecule has 5 heteroatoms. The Kier molecular flexibility index (Phi) is 6.19. The fourth-order valence-electron chi connectivity index (χ4n) is 3.41. The van der Waals surface area contributed by atoms with Gasteiger partial charge in [-0.05, 0) is 48.4 Å². The Balaban J connectivity index is 2.02. The van der Waals surface area contributed by atoms with Crippen molar-refractivity contribution in [1.29, 1.82) is 0 Å². The normalized spacial score (nSPS) is 16.9. The average molecular weight is 361 g/mol. The Morgan fingerprint density at radius 2 is 1.64 bits per heavy atom. The smallest absolute Gasteiger partial charge is 0.161 e. The summed E-state index contributed by atoms with van der Waals surface area (Å²) in [5, 5.41) is 4.23. The van der Waals surface area contributed by atoms with E-state index in [1.807, 2.05) is 18.2 Å². The lowest BCUT2D eigenvalue weighted by Gasteiger charge is -2.31. The van der Waals surface area contributed by atoms with Crippen LogP contribution < -0.4 is 14.8 Å². The maximum absolute atomic E-state index is 6.10. The molecule has 1 aliphatic heterocycles. The van der Waals surface area contributed by atoms with Crippen LogP contribution in [0.25, 0.3) is 0 Å². The van der Waals surface area contributed by atoms with Crippen LogP contribution in [0.5, 0.6) is 11.5 Å². The van der Waals surface area contributed by atoms with E-state index in [0.29, 0.717) is 0 Å². The van der Waals surface area contributed by atoms with Gasteiger partial charge in [-0.1, -0.05) is 29.8 Å². The molecule has 0 radical (unpaired) electrons. The molecule has 0 bridgehead atoms. The summed E-state index contributed by atoms with van der Waals surface area (Å²) in [5.41, 5.74) is 2.43. The van der Waals surface area contributed by atoms with Crippen LogP contribution in [0.3, 0.4) is 0 Å². The fourth-order valence-corrected chi connectivity index (χ4v) is 3.53. The van der Waals surface area contributed by atoms with Gasteiger partial charge < -0.3 is 14.8 Å². The van der Waals surface area contributed by atoms with Gasteiger partial charge in [0.15, 0.2) is 11.5 Å². The minimum Gasteiger partial charge on any atom is -0.493 e. The second-order valence-electron chi connectivity index (χ2n) is 6.21. The predicted octanol–water partition coefficient (Wildman–Crippen LogP) is 3.74. The van der Waals surface area contributed by atoms with Gasteiger partial charge >= 0.3 is 0 Å². The van der Waals surface area contributed by atoms with Gasteiger partial charge in [0, 0.05) is 24.7 Å². The van der Waals surface area contributed by atoms with Crippen LogP contribution in [-0.4, -0.2) is 45.3 Å². The van der Waals surface area contributed by atoms with Crippen molar-refractivity contribution in [3.8, 4) is 11.5 Å². The van der Waals surface area contributed by atoms with Gasteiger partial charge in [-0.25, -0.2) is 0 Å². The molecular formula is C20H25ClN2O2. The maximum Gasteiger partial charge on any atom is 0.161 e. The van der Waals surface area contributed by atoms with Gasteiger partial charge in [0.25, 0.3) is 0 Å². The molecule has 2 aromatic rings. The molecule has 25 heavy (non-hydrogen) atoms. The molecule has 3 rings (SSSR count). The summed E-state index contributed by atoms with van der Waals surface area (Å²) >= 11 is 6.10. The van der Waals surface area contributed by atoms with E-state index in [2.05, 4.69) is 34.5 Å². The molecule has 0 saturated carbocycles. The quantitative estimate of drug-likeness (QED) is 0.880. The van der Waals surface area contributed by atoms with E-state index in [4.69, 9.17) is 21.1 Å². The molecule has 1 unspecified atom stereocenters. The number of methoxy groups -OCH3 is 2. The van der Waals surface area contributed by atoms with Crippen LogP contribution in [0.15, 0.2) is 42.5 Å². The molecule has 4 nitrogen and oxygen atoms in total. The summed E-state index contributed by atoms with van der Waals surface area (Å²) < 4.78 is 10.9. The molecule has 0 aliphatic carbocycles. The van der Waals surface area contributed by atoms with Crippen molar-refractivity contribution in [2.45, 2.75) is 12.5 Å². The number of benzene rings is 2. The maximum atomic E-state index is 6.10. The molecule has 1 fully saturated rings. The van der Waals surface area contributed by atoms with Gasteiger partial charge in [0.05, 0.1) is 20.3 Å². The van der Waals surface area contributed by atoms with Crippen LogP contribution in [0, 0.1) is 0 Å². The lowest BCUT2D eigenvalue weighted by Crippen LogP contribution is -2.33. The number of halogens is 1. The number of hydrogen-bond acceptors (Lipinski definition) is 4. The van der Waals surface area contributed by atoms with E-state index in [-0.39, 0.29) is 6.04 Å². The lowest BCUT2D eigenvalue weighted by molar-refractivity contribution is 0.240. The third-order valence-electron chi connectivity index (χ3n) is 4.65. The van der Waals surface area contributed by atoms with Crippen molar-refractivity contribution in [2.24, 2.45) is 0 Å². The molecule has 0 aromatic heterocycles. The molecule has 0 amide bonds. The van der Waals surface area contributed by atoms with Crippen LogP contribution in [0.1, 0.15) is 23.6 Å². The van der Waals surface area contributed by atoms with Gasteiger partial charge in [0.1, 0.15) is 0 Å². The Morgan fingerprint density at radius 3 is 2.36 bits per heavy atom. The first-order valence-electron chi connectivity index (χ1n) is 8.65. The highest BCUT2D eigenvalue weighted by Gasteiger charge is 2.24. The van der Waals surface area contributed by atoms with Gasteiger partial charge in [-0.3, -0.25) is 4.90 Å². The van der Waals surface area contributed by atoms with Gasteiger partial charge in [0.2, 0.25) is 0 Å². The largest absolute Gasteiger partial charge is 0.493 e. The van der Waals surface area contributed by atoms with Gasteiger partial charge in [-0.2, -0.15) is 0 Å². The number of hydrogen-bond donors (Lipinski definition) is 1. The number of rotatable bonds is 5. The van der Waals surface area contributed by atoms with Crippen LogP contribution in [0.4, 0.5) is 0 Å². The summed E-state index contributed by atoms with van der Waals surface area (Å²) in [6.07, 6.45) is 1.14. The molecular weight excluding hydrogens is 336 g/mol. The summed E-state index contributed by atoms with van der Waals surface area (Å²) in [7, 11) is 3.34. The molecule has 1 N–H and O–H groups in total. The molecule has 134 valence electrons. The summed E-state index contributed by atoms with van der Waals surface area (Å²) in [6.45, 7) is 4.11. The zero-order chi connectivity index (χ0) is 17.6. The zero-order valence-electron chi connectivity index (χ0n) is 14.8. The van der Waals surface area contributed by atoms with Crippen molar-refractivity contribution >= 4 is 11.6 Å². The van der Waals surface area contributed by atoms with E-state index in [1.165, 1.54) is 11.1 Å². The van der Waals surface area contributed by atoms with E-state index in [1.54, 1.807) is 14.2 Å². The van der Waals surface area contributed by atoms with E-state index in [0.717, 1.165) is 49.1 Å². The van der Waals surface area contributed by atoms with Crippen molar-refractivity contribution in [3.05, 3.63) is 58.6 Å². The van der Waals surface area contributed by atoms with Crippen molar-refractivity contribution in [1.82, 2.24) is 10.2 Å². The first-order chi connectivity index (χ1) is 12.2. The lowest BCUT2D eigenvalue weighted by atomic mass is 9.96. The van der Waals surface area contributed by atoms with Crippen molar-refractivity contribution in [3.63, 3.8) is 0 Å². The number of ether oxygens (including phenoxy) is 2. The Labute approximate surface area is 154 Å². The Morgan fingerprint density at radius 1 is 0.920 bits per heavy atom. The Hall–Kier alpha value is -1.75. The van der Waals surface area contributed by atoms with Crippen molar-refractivity contribution < 1.29 is 9.47 Å². The second-order valence-corrected chi connectivity index (χ2v) is 6.64. The van der Waals surface area contributed by atoms with Crippen molar-refractivity contribution in [2.75, 3.05) is 40.4 Å². The molecule has 2 aromatic carbocycles. The third-order valence-corrected chi connectivity index (χ3v) is 4.90. The molecule has 1 heterocycles. The highest BCUT2D eigenvalue weighted by Crippen LogP contribution is 2.35.